The Hall–Kier alpha value is -1.48. The minimum Gasteiger partial charge on any atom is -0.370 e. The summed E-state index contributed by atoms with van der Waals surface area (Å²) in [5.74, 6) is 1.20. The molecule has 0 saturated heterocycles. The Bertz CT molecular complexity index is 426. The highest BCUT2D eigenvalue weighted by Crippen LogP contribution is 2.28. The molecule has 0 bridgehead atoms. The lowest BCUT2D eigenvalue weighted by molar-refractivity contribution is -0.144. The standard InChI is InChI=1S/C10H9ClF3N3/c1-2-3-4-5-15-8-6-7(11)16-9(17-8)10(12,13)14/h1,6H,3-5H2,(H,15,16,17). The topological polar surface area (TPSA) is 37.8 Å². The van der Waals surface area contributed by atoms with E-state index in [9.17, 15) is 13.2 Å². The monoisotopic (exact) mass is 263 g/mol. The Kier molecular flexibility index (Phi) is 4.58. The Morgan fingerprint density at radius 2 is 2.12 bits per heavy atom. The zero-order valence-corrected chi connectivity index (χ0v) is 9.44. The summed E-state index contributed by atoms with van der Waals surface area (Å²) in [5, 5.41) is 2.44. The van der Waals surface area contributed by atoms with Crippen LogP contribution in [0.3, 0.4) is 0 Å². The Balaban J connectivity index is 2.73. The number of hydrogen-bond donors (Lipinski definition) is 1. The van der Waals surface area contributed by atoms with Crippen molar-refractivity contribution in [1.29, 1.82) is 0 Å². The summed E-state index contributed by atoms with van der Waals surface area (Å²) >= 11 is 5.47. The summed E-state index contributed by atoms with van der Waals surface area (Å²) in [6, 6.07) is 1.23. The lowest BCUT2D eigenvalue weighted by Gasteiger charge is -2.09. The summed E-state index contributed by atoms with van der Waals surface area (Å²) in [6.07, 6.45) is 1.61. The molecule has 1 aromatic rings. The maximum absolute atomic E-state index is 12.4. The molecule has 17 heavy (non-hydrogen) atoms. The van der Waals surface area contributed by atoms with Crippen LogP contribution in [0.4, 0.5) is 19.0 Å². The molecular weight excluding hydrogens is 255 g/mol. The van der Waals surface area contributed by atoms with Gasteiger partial charge >= 0.3 is 6.18 Å². The predicted octanol–water partition coefficient (Wildman–Crippen LogP) is 2.97. The zero-order chi connectivity index (χ0) is 12.9. The van der Waals surface area contributed by atoms with E-state index in [4.69, 9.17) is 18.0 Å². The molecular formula is C10H9ClF3N3. The van der Waals surface area contributed by atoms with Gasteiger partial charge < -0.3 is 5.32 Å². The summed E-state index contributed by atoms with van der Waals surface area (Å²) in [7, 11) is 0. The van der Waals surface area contributed by atoms with Crippen molar-refractivity contribution in [3.8, 4) is 12.3 Å². The summed E-state index contributed by atoms with van der Waals surface area (Å²) in [5.41, 5.74) is 0. The third-order valence-corrected chi connectivity index (χ3v) is 1.95. The van der Waals surface area contributed by atoms with Crippen LogP contribution in [0.15, 0.2) is 6.07 Å². The Morgan fingerprint density at radius 1 is 1.41 bits per heavy atom. The molecule has 7 heteroatoms. The number of anilines is 1. The first kappa shape index (κ1) is 13.6. The number of nitrogens with zero attached hydrogens (tertiary/aromatic N) is 2. The fraction of sp³-hybridized carbons (Fsp3) is 0.400. The maximum Gasteiger partial charge on any atom is 0.451 e. The first-order valence-electron chi connectivity index (χ1n) is 4.72. The van der Waals surface area contributed by atoms with Gasteiger partial charge in [-0.05, 0) is 6.42 Å². The van der Waals surface area contributed by atoms with Gasteiger partial charge in [-0.2, -0.15) is 13.2 Å². The number of unbranched alkanes of at least 4 members (excludes halogenated alkanes) is 1. The third kappa shape index (κ3) is 4.49. The van der Waals surface area contributed by atoms with Gasteiger partial charge in [-0.15, -0.1) is 12.3 Å². The molecule has 92 valence electrons. The van der Waals surface area contributed by atoms with Gasteiger partial charge in [0.1, 0.15) is 11.0 Å². The van der Waals surface area contributed by atoms with Crippen LogP contribution in [0.5, 0.6) is 0 Å². The molecule has 0 spiro atoms. The van der Waals surface area contributed by atoms with Crippen LogP contribution in [0.25, 0.3) is 0 Å². The average molecular weight is 264 g/mol. The van der Waals surface area contributed by atoms with E-state index in [1.165, 1.54) is 6.07 Å². The van der Waals surface area contributed by atoms with Crippen LogP contribution in [-0.2, 0) is 6.18 Å². The smallest absolute Gasteiger partial charge is 0.370 e. The van der Waals surface area contributed by atoms with Gasteiger partial charge in [0.2, 0.25) is 5.82 Å². The van der Waals surface area contributed by atoms with E-state index < -0.39 is 12.0 Å². The second kappa shape index (κ2) is 5.73. The van der Waals surface area contributed by atoms with Gasteiger partial charge in [0.05, 0.1) is 0 Å². The Labute approximate surface area is 101 Å². The predicted molar refractivity (Wildman–Crippen MR) is 58.6 cm³/mol. The van der Waals surface area contributed by atoms with Gasteiger partial charge in [0.25, 0.3) is 0 Å². The van der Waals surface area contributed by atoms with Crippen LogP contribution in [-0.4, -0.2) is 16.5 Å². The maximum atomic E-state index is 12.4. The molecule has 1 rings (SSSR count). The SMILES string of the molecule is C#CCCCNc1cc(Cl)nc(C(F)(F)F)n1. The minimum absolute atomic E-state index is 0.0364. The average Bonchev–Trinajstić information content (AvgIpc) is 2.22. The first-order valence-corrected chi connectivity index (χ1v) is 5.10. The molecule has 0 aromatic carbocycles. The van der Waals surface area contributed by atoms with Crippen molar-refractivity contribution in [3.05, 3.63) is 17.0 Å². The lowest BCUT2D eigenvalue weighted by Crippen LogP contribution is -2.13. The van der Waals surface area contributed by atoms with Crippen molar-refractivity contribution in [3.63, 3.8) is 0 Å². The molecule has 1 N–H and O–H groups in total. The largest absolute Gasteiger partial charge is 0.451 e. The van der Waals surface area contributed by atoms with E-state index in [1.54, 1.807) is 0 Å². The van der Waals surface area contributed by atoms with Gasteiger partial charge in [0.15, 0.2) is 0 Å². The molecule has 0 aliphatic carbocycles. The van der Waals surface area contributed by atoms with E-state index in [2.05, 4.69) is 21.2 Å². The highest BCUT2D eigenvalue weighted by atomic mass is 35.5. The van der Waals surface area contributed by atoms with E-state index in [-0.39, 0.29) is 11.0 Å². The van der Waals surface area contributed by atoms with Gasteiger partial charge in [-0.25, -0.2) is 9.97 Å². The second-order valence-corrected chi connectivity index (χ2v) is 3.52. The molecule has 3 nitrogen and oxygen atoms in total. The molecule has 0 amide bonds. The molecule has 0 unspecified atom stereocenters. The molecule has 0 fully saturated rings. The zero-order valence-electron chi connectivity index (χ0n) is 8.68. The highest BCUT2D eigenvalue weighted by Gasteiger charge is 2.35. The van der Waals surface area contributed by atoms with E-state index in [1.807, 2.05) is 0 Å². The second-order valence-electron chi connectivity index (χ2n) is 3.13. The minimum atomic E-state index is -4.61. The molecule has 1 aromatic heterocycles. The van der Waals surface area contributed by atoms with E-state index in [0.717, 1.165) is 0 Å². The number of aromatic nitrogens is 2. The lowest BCUT2D eigenvalue weighted by atomic mass is 10.3. The number of nitrogens with one attached hydrogen (secondary N) is 1. The van der Waals surface area contributed by atoms with Crippen molar-refractivity contribution >= 4 is 17.4 Å². The van der Waals surface area contributed by atoms with Crippen LogP contribution < -0.4 is 5.32 Å². The van der Waals surface area contributed by atoms with Gasteiger partial charge in [0, 0.05) is 19.0 Å². The molecule has 0 aliphatic rings. The van der Waals surface area contributed by atoms with Gasteiger partial charge in [-0.3, -0.25) is 0 Å². The van der Waals surface area contributed by atoms with Crippen molar-refractivity contribution in [2.75, 3.05) is 11.9 Å². The van der Waals surface area contributed by atoms with Crippen molar-refractivity contribution in [2.45, 2.75) is 19.0 Å². The number of alkyl halides is 3. The van der Waals surface area contributed by atoms with E-state index >= 15 is 0 Å². The van der Waals surface area contributed by atoms with Gasteiger partial charge in [-0.1, -0.05) is 11.6 Å². The summed E-state index contributed by atoms with van der Waals surface area (Å²) < 4.78 is 37.1. The number of terminal acetylenes is 1. The summed E-state index contributed by atoms with van der Waals surface area (Å²) in [6.45, 7) is 0.425. The highest BCUT2D eigenvalue weighted by molar-refractivity contribution is 6.29. The number of halogens is 4. The van der Waals surface area contributed by atoms with E-state index in [0.29, 0.717) is 19.4 Å². The normalized spacial score (nSPS) is 11.0. The molecule has 0 radical (unpaired) electrons. The quantitative estimate of drug-likeness (QED) is 0.516. The van der Waals surface area contributed by atoms with Crippen molar-refractivity contribution in [2.24, 2.45) is 0 Å². The molecule has 0 aliphatic heterocycles. The Morgan fingerprint density at radius 3 is 2.71 bits per heavy atom. The number of rotatable bonds is 4. The number of hydrogen-bond acceptors (Lipinski definition) is 3. The third-order valence-electron chi connectivity index (χ3n) is 1.75. The molecule has 0 atom stereocenters. The fourth-order valence-electron chi connectivity index (χ4n) is 1.04. The fourth-order valence-corrected chi connectivity index (χ4v) is 1.23. The van der Waals surface area contributed by atoms with Crippen LogP contribution in [0.2, 0.25) is 5.15 Å². The van der Waals surface area contributed by atoms with Crippen molar-refractivity contribution < 1.29 is 13.2 Å². The van der Waals surface area contributed by atoms with Crippen LogP contribution in [0, 0.1) is 12.3 Å². The summed E-state index contributed by atoms with van der Waals surface area (Å²) in [4.78, 5) is 6.43. The van der Waals surface area contributed by atoms with Crippen LogP contribution in [0.1, 0.15) is 18.7 Å². The molecule has 1 heterocycles. The van der Waals surface area contributed by atoms with Crippen LogP contribution >= 0.6 is 11.6 Å². The first-order chi connectivity index (χ1) is 7.93. The molecule has 0 saturated carbocycles. The van der Waals surface area contributed by atoms with Crippen molar-refractivity contribution in [1.82, 2.24) is 9.97 Å².